The van der Waals surface area contributed by atoms with Crippen molar-refractivity contribution in [1.82, 2.24) is 10.9 Å². The van der Waals surface area contributed by atoms with E-state index in [0.29, 0.717) is 5.56 Å². The molecule has 0 aliphatic rings. The molecule has 0 saturated heterocycles. The fourth-order valence-electron chi connectivity index (χ4n) is 1.61. The van der Waals surface area contributed by atoms with Gasteiger partial charge in [0.25, 0.3) is 5.91 Å². The van der Waals surface area contributed by atoms with E-state index in [4.69, 9.17) is 21.1 Å². The van der Waals surface area contributed by atoms with E-state index in [2.05, 4.69) is 10.9 Å². The second kappa shape index (κ2) is 8.69. The van der Waals surface area contributed by atoms with Gasteiger partial charge < -0.3 is 9.47 Å². The number of benzene rings is 1. The van der Waals surface area contributed by atoms with Crippen LogP contribution in [0.2, 0.25) is 0 Å². The molecule has 1 unspecified atom stereocenters. The summed E-state index contributed by atoms with van der Waals surface area (Å²) in [5, 5.41) is 0. The maximum absolute atomic E-state index is 13.0. The van der Waals surface area contributed by atoms with Crippen LogP contribution in [0, 0.1) is 5.82 Å². The fourth-order valence-corrected chi connectivity index (χ4v) is 1.69. The van der Waals surface area contributed by atoms with Gasteiger partial charge >= 0.3 is 6.09 Å². The molecule has 6 nitrogen and oxygen atoms in total. The Morgan fingerprint density at radius 3 is 2.35 bits per heavy atom. The number of hydrogen-bond acceptors (Lipinski definition) is 4. The summed E-state index contributed by atoms with van der Waals surface area (Å²) in [5.41, 5.74) is 4.07. The number of carbonyl (C=O) groups is 2. The number of hydrogen-bond donors (Lipinski definition) is 2. The van der Waals surface area contributed by atoms with Gasteiger partial charge in [0.1, 0.15) is 11.4 Å². The first kappa shape index (κ1) is 19.2. The Morgan fingerprint density at radius 1 is 1.22 bits per heavy atom. The van der Waals surface area contributed by atoms with E-state index >= 15 is 0 Å². The van der Waals surface area contributed by atoms with Crippen molar-refractivity contribution >= 4 is 23.6 Å². The molecule has 1 aromatic carbocycles. The maximum atomic E-state index is 13.0. The molecule has 0 heterocycles. The van der Waals surface area contributed by atoms with Crippen molar-refractivity contribution in [2.24, 2.45) is 0 Å². The maximum Gasteiger partial charge on any atom is 0.426 e. The number of nitrogens with one attached hydrogen (secondary N) is 2. The average Bonchev–Trinajstić information content (AvgIpc) is 2.45. The molecular formula is C15H20ClFN2O4. The van der Waals surface area contributed by atoms with Gasteiger partial charge in [-0.3, -0.25) is 10.2 Å². The van der Waals surface area contributed by atoms with Crippen LogP contribution in [0.25, 0.3) is 0 Å². The van der Waals surface area contributed by atoms with Gasteiger partial charge in [-0.1, -0.05) is 12.1 Å². The van der Waals surface area contributed by atoms with E-state index in [9.17, 15) is 14.0 Å². The topological polar surface area (TPSA) is 76.7 Å². The lowest BCUT2D eigenvalue weighted by Gasteiger charge is -2.21. The summed E-state index contributed by atoms with van der Waals surface area (Å²) < 4.78 is 23.3. The van der Waals surface area contributed by atoms with Gasteiger partial charge in [0.15, 0.2) is 6.10 Å². The zero-order valence-corrected chi connectivity index (χ0v) is 13.9. The number of carbonyl (C=O) groups excluding carboxylic acids is 2. The molecule has 23 heavy (non-hydrogen) atoms. The summed E-state index contributed by atoms with van der Waals surface area (Å²) in [6.45, 7) is 5.20. The quantitative estimate of drug-likeness (QED) is 0.635. The monoisotopic (exact) mass is 346 g/mol. The van der Waals surface area contributed by atoms with Crippen LogP contribution in [-0.4, -0.2) is 30.1 Å². The zero-order chi connectivity index (χ0) is 17.5. The van der Waals surface area contributed by atoms with Gasteiger partial charge in [-0.2, -0.15) is 0 Å². The summed E-state index contributed by atoms with van der Waals surface area (Å²) in [7, 11) is 0. The van der Waals surface area contributed by atoms with E-state index in [1.807, 2.05) is 0 Å². The molecule has 1 atom stereocenters. The van der Waals surface area contributed by atoms with Crippen molar-refractivity contribution in [2.45, 2.75) is 32.5 Å². The largest absolute Gasteiger partial charge is 0.443 e. The van der Waals surface area contributed by atoms with Crippen molar-refractivity contribution in [2.75, 3.05) is 12.5 Å². The predicted octanol–water partition coefficient (Wildman–Crippen LogP) is 2.68. The van der Waals surface area contributed by atoms with Crippen LogP contribution in [0.1, 0.15) is 32.4 Å². The van der Waals surface area contributed by atoms with Crippen molar-refractivity contribution in [1.29, 1.82) is 0 Å². The third kappa shape index (κ3) is 7.30. The van der Waals surface area contributed by atoms with E-state index in [0.717, 1.165) is 0 Å². The highest BCUT2D eigenvalue weighted by molar-refractivity contribution is 6.18. The first-order valence-electron chi connectivity index (χ1n) is 6.95. The molecule has 8 heteroatoms. The lowest BCUT2D eigenvalue weighted by molar-refractivity contribution is -0.134. The summed E-state index contributed by atoms with van der Waals surface area (Å²) in [6, 6.07) is 5.25. The molecule has 2 N–H and O–H groups in total. The Bertz CT molecular complexity index is 531. The zero-order valence-electron chi connectivity index (χ0n) is 13.2. The first-order valence-corrected chi connectivity index (χ1v) is 7.48. The first-order chi connectivity index (χ1) is 10.7. The predicted molar refractivity (Wildman–Crippen MR) is 83.3 cm³/mol. The minimum absolute atomic E-state index is 0.115. The molecule has 0 aliphatic carbocycles. The van der Waals surface area contributed by atoms with Crippen LogP contribution in [0.5, 0.6) is 0 Å². The van der Waals surface area contributed by atoms with Gasteiger partial charge in [-0.05, 0) is 38.5 Å². The molecule has 128 valence electrons. The molecule has 0 spiro atoms. The van der Waals surface area contributed by atoms with E-state index in [1.165, 1.54) is 24.3 Å². The number of ether oxygens (including phenoxy) is 2. The van der Waals surface area contributed by atoms with Gasteiger partial charge in [-0.25, -0.2) is 14.6 Å². The number of rotatable bonds is 5. The van der Waals surface area contributed by atoms with Crippen molar-refractivity contribution in [3.63, 3.8) is 0 Å². The minimum Gasteiger partial charge on any atom is -0.443 e. The number of halogens is 2. The van der Waals surface area contributed by atoms with Crippen LogP contribution in [0.15, 0.2) is 24.3 Å². The Hall–Kier alpha value is -1.86. The van der Waals surface area contributed by atoms with E-state index < -0.39 is 29.5 Å². The van der Waals surface area contributed by atoms with Crippen LogP contribution in [0.4, 0.5) is 9.18 Å². The lowest BCUT2D eigenvalue weighted by atomic mass is 10.1. The minimum atomic E-state index is -1.04. The van der Waals surface area contributed by atoms with Gasteiger partial charge in [0, 0.05) is 5.88 Å². The van der Waals surface area contributed by atoms with Crippen molar-refractivity contribution in [3.05, 3.63) is 35.6 Å². The second-order valence-corrected chi connectivity index (χ2v) is 5.99. The number of hydrazine groups is 1. The summed E-state index contributed by atoms with van der Waals surface area (Å²) >= 11 is 5.56. The normalized spacial score (nSPS) is 12.4. The third-order valence-electron chi connectivity index (χ3n) is 2.46. The van der Waals surface area contributed by atoms with Crippen molar-refractivity contribution < 1.29 is 23.5 Å². The van der Waals surface area contributed by atoms with Crippen LogP contribution in [0.3, 0.4) is 0 Å². The van der Waals surface area contributed by atoms with Crippen LogP contribution >= 0.6 is 11.6 Å². The van der Waals surface area contributed by atoms with Crippen molar-refractivity contribution in [3.8, 4) is 0 Å². The highest BCUT2D eigenvalue weighted by Gasteiger charge is 2.23. The molecule has 1 aromatic rings. The molecule has 0 saturated carbocycles. The Morgan fingerprint density at radius 2 is 1.83 bits per heavy atom. The smallest absolute Gasteiger partial charge is 0.426 e. The van der Waals surface area contributed by atoms with Gasteiger partial charge in [0.05, 0.1) is 6.61 Å². The van der Waals surface area contributed by atoms with E-state index in [1.54, 1.807) is 20.8 Å². The van der Waals surface area contributed by atoms with Crippen LogP contribution < -0.4 is 10.9 Å². The highest BCUT2D eigenvalue weighted by Crippen LogP contribution is 2.18. The molecule has 2 amide bonds. The highest BCUT2D eigenvalue weighted by atomic mass is 35.5. The molecule has 0 radical (unpaired) electrons. The molecule has 0 fully saturated rings. The molecule has 0 aromatic heterocycles. The Labute approximate surface area is 139 Å². The number of amides is 2. The molecule has 1 rings (SSSR count). The van der Waals surface area contributed by atoms with E-state index in [-0.39, 0.29) is 12.5 Å². The number of alkyl halides is 1. The third-order valence-corrected chi connectivity index (χ3v) is 2.61. The average molecular weight is 347 g/mol. The summed E-state index contributed by atoms with van der Waals surface area (Å²) in [5.74, 6) is -0.880. The SMILES string of the molecule is CC(C)(C)OC(=O)NNC(=O)C(OCCCl)c1ccc(F)cc1. The second-order valence-electron chi connectivity index (χ2n) is 5.61. The molecular weight excluding hydrogens is 327 g/mol. The summed E-state index contributed by atoms with van der Waals surface area (Å²) in [4.78, 5) is 23.7. The Balaban J connectivity index is 2.69. The van der Waals surface area contributed by atoms with Gasteiger partial charge in [0.2, 0.25) is 0 Å². The fraction of sp³-hybridized carbons (Fsp3) is 0.467. The van der Waals surface area contributed by atoms with Crippen LogP contribution in [-0.2, 0) is 14.3 Å². The molecule has 0 bridgehead atoms. The summed E-state index contributed by atoms with van der Waals surface area (Å²) in [6.07, 6.45) is -1.84. The standard InChI is InChI=1S/C15H20ClFN2O4/c1-15(2,3)23-14(21)19-18-13(20)12(22-9-8-16)10-4-6-11(17)7-5-10/h4-7,12H,8-9H2,1-3H3,(H,18,20)(H,19,21). The van der Waals surface area contributed by atoms with Gasteiger partial charge in [-0.15, -0.1) is 11.6 Å². The molecule has 0 aliphatic heterocycles. The lowest BCUT2D eigenvalue weighted by Crippen LogP contribution is -2.46. The Kier molecular flexibility index (Phi) is 7.25.